The summed E-state index contributed by atoms with van der Waals surface area (Å²) in [5.41, 5.74) is 8.54. The van der Waals surface area contributed by atoms with Crippen LogP contribution < -0.4 is 0 Å². The fourth-order valence-electron chi connectivity index (χ4n) is 6.03. The molecule has 4 aromatic carbocycles. The lowest BCUT2D eigenvalue weighted by Gasteiger charge is -2.20. The second-order valence-electron chi connectivity index (χ2n) is 15.3. The molecule has 0 aliphatic heterocycles. The number of hydrogen-bond acceptors (Lipinski definition) is 5. The zero-order chi connectivity index (χ0) is 41.0. The zero-order valence-corrected chi connectivity index (χ0v) is 35.7. The van der Waals surface area contributed by atoms with Gasteiger partial charge < -0.3 is 19.4 Å². The van der Waals surface area contributed by atoms with Crippen molar-refractivity contribution in [3.05, 3.63) is 137 Å². The van der Waals surface area contributed by atoms with Gasteiger partial charge in [0.05, 0.1) is 31.8 Å². The van der Waals surface area contributed by atoms with Crippen molar-refractivity contribution < 1.29 is 23.9 Å². The number of ether oxygens (including phenoxy) is 2. The van der Waals surface area contributed by atoms with Crippen molar-refractivity contribution in [2.45, 2.75) is 86.9 Å². The Kier molecular flexibility index (Phi) is 14.0. The third-order valence-corrected chi connectivity index (χ3v) is 9.78. The van der Waals surface area contributed by atoms with E-state index in [0.29, 0.717) is 28.3 Å². The van der Waals surface area contributed by atoms with Crippen molar-refractivity contribution in [3.63, 3.8) is 0 Å². The third-order valence-electron chi connectivity index (χ3n) is 8.26. The first kappa shape index (κ1) is 43.5. The molecule has 6 aromatic rings. The summed E-state index contributed by atoms with van der Waals surface area (Å²) in [6, 6.07) is 17.0. The van der Waals surface area contributed by atoms with Crippen LogP contribution in [0.25, 0.3) is 21.8 Å². The molecule has 7 nitrogen and oxygen atoms in total. The van der Waals surface area contributed by atoms with E-state index >= 15 is 0 Å². The van der Waals surface area contributed by atoms with Gasteiger partial charge in [-0.2, -0.15) is 0 Å². The molecule has 0 saturated heterocycles. The molecule has 0 bridgehead atoms. The molecular formula is C44H46Cl4N2O5. The number of hydrogen-bond donors (Lipinski definition) is 2. The number of aryl methyl sites for hydroxylation is 4. The molecule has 0 aliphatic carbocycles. The number of aldehydes is 1. The minimum atomic E-state index is -0.624. The van der Waals surface area contributed by atoms with Crippen LogP contribution in [0.1, 0.15) is 106 Å². The van der Waals surface area contributed by atoms with Crippen LogP contribution >= 0.6 is 46.4 Å². The van der Waals surface area contributed by atoms with Crippen molar-refractivity contribution in [1.82, 2.24) is 9.97 Å². The SMILES string of the molecule is CC(C)(C)OC(=O)c1ccc(Cl)c(C=O)c1Cl.Cc1cc(C)c2c(Cc3c(Cl)ccc(C(=O)OC(C)(C)C)c3Cl)c[nH]c2c1.Cc1cc(C)c2cc[nH]c2c1. The molecule has 0 amide bonds. The minimum absolute atomic E-state index is 0.0155. The smallest absolute Gasteiger partial charge is 0.340 e. The highest BCUT2D eigenvalue weighted by Crippen LogP contribution is 2.34. The number of aromatic nitrogens is 2. The summed E-state index contributed by atoms with van der Waals surface area (Å²) in [7, 11) is 0. The van der Waals surface area contributed by atoms with Crippen LogP contribution in [-0.2, 0) is 15.9 Å². The monoisotopic (exact) mass is 822 g/mol. The molecule has 0 aliphatic rings. The molecule has 2 N–H and O–H groups in total. The van der Waals surface area contributed by atoms with Crippen LogP contribution in [0.5, 0.6) is 0 Å². The lowest BCUT2D eigenvalue weighted by molar-refractivity contribution is 0.00571. The van der Waals surface area contributed by atoms with E-state index in [0.717, 1.165) is 22.0 Å². The number of H-pyrrole nitrogens is 2. The quantitative estimate of drug-likeness (QED) is 0.133. The van der Waals surface area contributed by atoms with E-state index in [9.17, 15) is 14.4 Å². The number of halogens is 4. The first-order valence-corrected chi connectivity index (χ1v) is 19.1. The molecule has 0 spiro atoms. The van der Waals surface area contributed by atoms with E-state index in [4.69, 9.17) is 55.9 Å². The van der Waals surface area contributed by atoms with Crippen molar-refractivity contribution in [1.29, 1.82) is 0 Å². The molecule has 0 fully saturated rings. The number of aromatic amines is 2. The molecule has 0 saturated carbocycles. The van der Waals surface area contributed by atoms with E-state index < -0.39 is 23.1 Å². The summed E-state index contributed by atoms with van der Waals surface area (Å²) in [6.45, 7) is 19.1. The van der Waals surface area contributed by atoms with Gasteiger partial charge in [-0.3, -0.25) is 4.79 Å². The van der Waals surface area contributed by atoms with Gasteiger partial charge in [0.2, 0.25) is 0 Å². The maximum absolute atomic E-state index is 12.5. The third kappa shape index (κ3) is 11.2. The molecule has 6 rings (SSSR count). The molecule has 55 heavy (non-hydrogen) atoms. The van der Waals surface area contributed by atoms with Crippen molar-refractivity contribution >= 4 is 86.4 Å². The maximum Gasteiger partial charge on any atom is 0.340 e. The van der Waals surface area contributed by atoms with Crippen molar-refractivity contribution in [3.8, 4) is 0 Å². The molecule has 0 atom stereocenters. The largest absolute Gasteiger partial charge is 0.456 e. The fraction of sp³-hybridized carbons (Fsp3) is 0.295. The van der Waals surface area contributed by atoms with Gasteiger partial charge >= 0.3 is 11.9 Å². The van der Waals surface area contributed by atoms with Crippen LogP contribution in [0.4, 0.5) is 0 Å². The average molecular weight is 825 g/mol. The van der Waals surface area contributed by atoms with Gasteiger partial charge in [-0.25, -0.2) is 9.59 Å². The fourth-order valence-corrected chi connectivity index (χ4v) is 7.15. The highest BCUT2D eigenvalue weighted by molar-refractivity contribution is 6.40. The number of fused-ring (bicyclic) bond motifs is 2. The molecule has 0 radical (unpaired) electrons. The number of benzene rings is 4. The second-order valence-corrected chi connectivity index (χ2v) is 16.9. The Hall–Kier alpha value is -4.27. The second kappa shape index (κ2) is 17.7. The zero-order valence-electron chi connectivity index (χ0n) is 32.7. The number of carbonyl (C=O) groups is 3. The van der Waals surface area contributed by atoms with Gasteiger partial charge in [-0.05, 0) is 145 Å². The van der Waals surface area contributed by atoms with Gasteiger partial charge in [0.1, 0.15) is 11.2 Å². The van der Waals surface area contributed by atoms with Crippen LogP contribution in [0.15, 0.2) is 67.0 Å². The molecule has 11 heteroatoms. The van der Waals surface area contributed by atoms with Gasteiger partial charge in [0.15, 0.2) is 6.29 Å². The van der Waals surface area contributed by atoms with Crippen LogP contribution in [0, 0.1) is 27.7 Å². The van der Waals surface area contributed by atoms with E-state index in [-0.39, 0.29) is 21.2 Å². The van der Waals surface area contributed by atoms with Gasteiger partial charge in [-0.15, -0.1) is 0 Å². The lowest BCUT2D eigenvalue weighted by atomic mass is 9.98. The Labute approximate surface area is 342 Å². The highest BCUT2D eigenvalue weighted by Gasteiger charge is 2.24. The summed E-state index contributed by atoms with van der Waals surface area (Å²) in [4.78, 5) is 41.6. The molecule has 2 heterocycles. The van der Waals surface area contributed by atoms with E-state index in [1.165, 1.54) is 45.3 Å². The molecular weight excluding hydrogens is 778 g/mol. The first-order chi connectivity index (χ1) is 25.6. The summed E-state index contributed by atoms with van der Waals surface area (Å²) in [5, 5.41) is 3.59. The summed E-state index contributed by atoms with van der Waals surface area (Å²) >= 11 is 24.7. The minimum Gasteiger partial charge on any atom is -0.456 e. The maximum atomic E-state index is 12.5. The standard InChI is InChI=1S/C22H23Cl2NO2.C12H12Cl2O3.C10H11N/c1-12-8-13(2)19-14(11-25-18(19)9-12)10-16-17(23)7-6-15(20(16)24)21(26)27-22(3,4)5;1-12(2,3)17-11(16)7-4-5-9(13)8(6-15)10(7)14;1-7-5-8(2)9-3-4-11-10(9)6-7/h6-9,11,25H,10H2,1-5H3;4-6H,1-3H3;3-6,11H,1-2H3. The van der Waals surface area contributed by atoms with Crippen molar-refractivity contribution in [2.24, 2.45) is 0 Å². The first-order valence-electron chi connectivity index (χ1n) is 17.6. The van der Waals surface area contributed by atoms with Gasteiger partial charge in [-0.1, -0.05) is 58.5 Å². The summed E-state index contributed by atoms with van der Waals surface area (Å²) in [6.07, 6.45) is 5.00. The normalized spacial score (nSPS) is 11.4. The predicted molar refractivity (Wildman–Crippen MR) is 227 cm³/mol. The van der Waals surface area contributed by atoms with Crippen LogP contribution in [0.2, 0.25) is 20.1 Å². The Morgan fingerprint density at radius 1 is 0.673 bits per heavy atom. The van der Waals surface area contributed by atoms with E-state index in [1.54, 1.807) is 32.9 Å². The Morgan fingerprint density at radius 2 is 1.20 bits per heavy atom. The number of carbonyl (C=O) groups excluding carboxylic acids is 3. The van der Waals surface area contributed by atoms with Crippen LogP contribution in [-0.4, -0.2) is 39.4 Å². The Morgan fingerprint density at radius 3 is 1.76 bits per heavy atom. The number of rotatable bonds is 5. The van der Waals surface area contributed by atoms with Gasteiger partial charge in [0.25, 0.3) is 0 Å². The van der Waals surface area contributed by atoms with E-state index in [1.807, 2.05) is 33.2 Å². The molecule has 290 valence electrons. The average Bonchev–Trinajstić information content (AvgIpc) is 3.69. The number of esters is 2. The molecule has 2 aromatic heterocycles. The Bertz CT molecular complexity index is 2380. The predicted octanol–water partition coefficient (Wildman–Crippen LogP) is 13.2. The van der Waals surface area contributed by atoms with E-state index in [2.05, 4.69) is 68.0 Å². The van der Waals surface area contributed by atoms with Gasteiger partial charge in [0, 0.05) is 45.6 Å². The summed E-state index contributed by atoms with van der Waals surface area (Å²) < 4.78 is 10.6. The highest BCUT2D eigenvalue weighted by atomic mass is 35.5. The van der Waals surface area contributed by atoms with Crippen molar-refractivity contribution in [2.75, 3.05) is 0 Å². The molecule has 0 unspecified atom stereocenters. The summed E-state index contributed by atoms with van der Waals surface area (Å²) in [5.74, 6) is -1.03. The van der Waals surface area contributed by atoms with Crippen LogP contribution in [0.3, 0.4) is 0 Å². The topological polar surface area (TPSA) is 101 Å². The number of nitrogens with one attached hydrogen (secondary N) is 2. The Balaban J connectivity index is 0.000000204. The lowest BCUT2D eigenvalue weighted by Crippen LogP contribution is -2.24.